The van der Waals surface area contributed by atoms with Crippen LogP contribution in [0, 0.1) is 0 Å². The molecule has 0 fully saturated rings. The fourth-order valence-corrected chi connectivity index (χ4v) is 0.947. The van der Waals surface area contributed by atoms with Gasteiger partial charge >= 0.3 is 0 Å². The molecule has 1 unspecified atom stereocenters. The van der Waals surface area contributed by atoms with E-state index < -0.39 is 6.43 Å². The highest BCUT2D eigenvalue weighted by molar-refractivity contribution is 4.66. The SMILES string of the molecule is CCN(CC(F)F)C(C)CN. The third-order valence-corrected chi connectivity index (χ3v) is 1.74. The van der Waals surface area contributed by atoms with E-state index in [-0.39, 0.29) is 12.6 Å². The largest absolute Gasteiger partial charge is 0.329 e. The number of alkyl halides is 2. The number of hydrogen-bond donors (Lipinski definition) is 1. The number of halogens is 2. The molecule has 0 heterocycles. The normalized spacial score (nSPS) is 14.5. The average Bonchev–Trinajstić information content (AvgIpc) is 1.98. The van der Waals surface area contributed by atoms with Gasteiger partial charge in [0.25, 0.3) is 6.43 Å². The molecule has 0 saturated carbocycles. The van der Waals surface area contributed by atoms with E-state index in [0.717, 1.165) is 0 Å². The van der Waals surface area contributed by atoms with Gasteiger partial charge in [-0.2, -0.15) is 0 Å². The van der Waals surface area contributed by atoms with E-state index in [2.05, 4.69) is 0 Å². The Balaban J connectivity index is 3.74. The van der Waals surface area contributed by atoms with Crippen molar-refractivity contribution in [2.45, 2.75) is 26.3 Å². The van der Waals surface area contributed by atoms with Crippen LogP contribution in [0.3, 0.4) is 0 Å². The van der Waals surface area contributed by atoms with E-state index in [0.29, 0.717) is 13.1 Å². The Kier molecular flexibility index (Phi) is 5.32. The molecule has 11 heavy (non-hydrogen) atoms. The molecule has 2 nitrogen and oxygen atoms in total. The second kappa shape index (κ2) is 5.43. The maximum Gasteiger partial charge on any atom is 0.251 e. The van der Waals surface area contributed by atoms with Gasteiger partial charge in [0.15, 0.2) is 0 Å². The molecule has 0 aliphatic rings. The van der Waals surface area contributed by atoms with Crippen molar-refractivity contribution in [2.75, 3.05) is 19.6 Å². The fraction of sp³-hybridized carbons (Fsp3) is 1.00. The van der Waals surface area contributed by atoms with Gasteiger partial charge < -0.3 is 5.73 Å². The van der Waals surface area contributed by atoms with E-state index >= 15 is 0 Å². The minimum Gasteiger partial charge on any atom is -0.329 e. The summed E-state index contributed by atoms with van der Waals surface area (Å²) in [5, 5.41) is 0. The number of likely N-dealkylation sites (N-methyl/N-ethyl adjacent to an activating group) is 1. The number of nitrogens with two attached hydrogens (primary N) is 1. The molecule has 68 valence electrons. The van der Waals surface area contributed by atoms with Crippen molar-refractivity contribution in [1.82, 2.24) is 4.90 Å². The molecular weight excluding hydrogens is 150 g/mol. The molecule has 0 aromatic rings. The number of hydrogen-bond acceptors (Lipinski definition) is 2. The van der Waals surface area contributed by atoms with Gasteiger partial charge in [0.05, 0.1) is 6.54 Å². The van der Waals surface area contributed by atoms with Crippen LogP contribution < -0.4 is 5.73 Å². The van der Waals surface area contributed by atoms with Crippen LogP contribution in [0.15, 0.2) is 0 Å². The van der Waals surface area contributed by atoms with Crippen LogP contribution >= 0.6 is 0 Å². The summed E-state index contributed by atoms with van der Waals surface area (Å²) in [6.45, 7) is 4.60. The zero-order valence-electron chi connectivity index (χ0n) is 7.06. The highest BCUT2D eigenvalue weighted by Gasteiger charge is 2.14. The van der Waals surface area contributed by atoms with Gasteiger partial charge in [-0.15, -0.1) is 0 Å². The Morgan fingerprint density at radius 1 is 1.45 bits per heavy atom. The maximum absolute atomic E-state index is 11.9. The molecule has 0 aliphatic carbocycles. The Labute approximate surface area is 66.4 Å². The summed E-state index contributed by atoms with van der Waals surface area (Å²) in [5.41, 5.74) is 5.34. The van der Waals surface area contributed by atoms with Gasteiger partial charge in [-0.05, 0) is 13.5 Å². The lowest BCUT2D eigenvalue weighted by Gasteiger charge is -2.25. The molecule has 1 atom stereocenters. The summed E-state index contributed by atoms with van der Waals surface area (Å²) >= 11 is 0. The minimum atomic E-state index is -2.26. The second-order valence-electron chi connectivity index (χ2n) is 2.56. The smallest absolute Gasteiger partial charge is 0.251 e. The van der Waals surface area contributed by atoms with Crippen molar-refractivity contribution in [3.8, 4) is 0 Å². The zero-order chi connectivity index (χ0) is 8.85. The quantitative estimate of drug-likeness (QED) is 0.658. The van der Waals surface area contributed by atoms with Gasteiger partial charge in [-0.25, -0.2) is 8.78 Å². The van der Waals surface area contributed by atoms with E-state index in [9.17, 15) is 8.78 Å². The predicted molar refractivity (Wildman–Crippen MR) is 41.8 cm³/mol. The third-order valence-electron chi connectivity index (χ3n) is 1.74. The summed E-state index contributed by atoms with van der Waals surface area (Å²) in [5.74, 6) is 0. The summed E-state index contributed by atoms with van der Waals surface area (Å²) in [7, 11) is 0. The molecule has 0 rings (SSSR count). The van der Waals surface area contributed by atoms with Crippen LogP contribution in [0.4, 0.5) is 8.78 Å². The van der Waals surface area contributed by atoms with Crippen LogP contribution in [0.5, 0.6) is 0 Å². The zero-order valence-corrected chi connectivity index (χ0v) is 7.06. The van der Waals surface area contributed by atoms with Crippen LogP contribution in [-0.4, -0.2) is 37.0 Å². The Bertz CT molecular complexity index is 98.4. The number of rotatable bonds is 5. The molecule has 4 heteroatoms. The topological polar surface area (TPSA) is 29.3 Å². The first-order chi connectivity index (χ1) is 5.11. The van der Waals surface area contributed by atoms with Crippen LogP contribution in [0.2, 0.25) is 0 Å². The molecule has 0 spiro atoms. The van der Waals surface area contributed by atoms with Gasteiger partial charge in [-0.3, -0.25) is 4.90 Å². The van der Waals surface area contributed by atoms with Crippen LogP contribution in [-0.2, 0) is 0 Å². The molecule has 0 aromatic carbocycles. The van der Waals surface area contributed by atoms with E-state index in [1.165, 1.54) is 0 Å². The molecule has 0 amide bonds. The van der Waals surface area contributed by atoms with Crippen LogP contribution in [0.1, 0.15) is 13.8 Å². The van der Waals surface area contributed by atoms with Crippen molar-refractivity contribution in [1.29, 1.82) is 0 Å². The molecule has 0 aromatic heterocycles. The summed E-state index contributed by atoms with van der Waals surface area (Å²) in [6, 6.07) is 0.0500. The number of nitrogens with zero attached hydrogens (tertiary/aromatic N) is 1. The van der Waals surface area contributed by atoms with Gasteiger partial charge in [0.2, 0.25) is 0 Å². The average molecular weight is 166 g/mol. The second-order valence-corrected chi connectivity index (χ2v) is 2.56. The van der Waals surface area contributed by atoms with Gasteiger partial charge in [0.1, 0.15) is 0 Å². The highest BCUT2D eigenvalue weighted by Crippen LogP contribution is 2.02. The molecular formula is C7H16F2N2. The van der Waals surface area contributed by atoms with Crippen molar-refractivity contribution in [3.05, 3.63) is 0 Å². The van der Waals surface area contributed by atoms with Crippen molar-refractivity contribution in [2.24, 2.45) is 5.73 Å². The minimum absolute atomic E-state index is 0.0500. The van der Waals surface area contributed by atoms with E-state index in [1.54, 1.807) is 4.90 Å². The van der Waals surface area contributed by atoms with Crippen LogP contribution in [0.25, 0.3) is 0 Å². The van der Waals surface area contributed by atoms with E-state index in [1.807, 2.05) is 13.8 Å². The van der Waals surface area contributed by atoms with Gasteiger partial charge in [0, 0.05) is 12.6 Å². The highest BCUT2D eigenvalue weighted by atomic mass is 19.3. The first-order valence-electron chi connectivity index (χ1n) is 3.84. The third kappa shape index (κ3) is 4.27. The monoisotopic (exact) mass is 166 g/mol. The molecule has 0 bridgehead atoms. The summed E-state index contributed by atoms with van der Waals surface area (Å²) in [6.07, 6.45) is -2.26. The lowest BCUT2D eigenvalue weighted by atomic mass is 10.3. The molecule has 0 radical (unpaired) electrons. The van der Waals surface area contributed by atoms with Crippen molar-refractivity contribution in [3.63, 3.8) is 0 Å². The fourth-order valence-electron chi connectivity index (χ4n) is 0.947. The lowest BCUT2D eigenvalue weighted by Crippen LogP contribution is -2.40. The molecule has 2 N–H and O–H groups in total. The lowest BCUT2D eigenvalue weighted by molar-refractivity contribution is 0.0742. The maximum atomic E-state index is 11.9. The molecule has 0 aliphatic heterocycles. The Morgan fingerprint density at radius 2 is 2.00 bits per heavy atom. The van der Waals surface area contributed by atoms with Crippen molar-refractivity contribution >= 4 is 0 Å². The Morgan fingerprint density at radius 3 is 2.27 bits per heavy atom. The first-order valence-corrected chi connectivity index (χ1v) is 3.84. The predicted octanol–water partition coefficient (Wildman–Crippen LogP) is 0.921. The molecule has 0 saturated heterocycles. The first kappa shape index (κ1) is 10.8. The summed E-state index contributed by atoms with van der Waals surface area (Å²) in [4.78, 5) is 1.67. The van der Waals surface area contributed by atoms with Crippen molar-refractivity contribution < 1.29 is 8.78 Å². The standard InChI is InChI=1S/C7H16F2N2/c1-3-11(5-7(8)9)6(2)4-10/h6-7H,3-5,10H2,1-2H3. The summed E-state index contributed by atoms with van der Waals surface area (Å²) < 4.78 is 23.8. The van der Waals surface area contributed by atoms with Gasteiger partial charge in [-0.1, -0.05) is 6.92 Å². The van der Waals surface area contributed by atoms with E-state index in [4.69, 9.17) is 5.73 Å². The Hall–Kier alpha value is -0.220.